The first-order valence-corrected chi connectivity index (χ1v) is 5.49. The summed E-state index contributed by atoms with van der Waals surface area (Å²) in [5.41, 5.74) is 0.913. The molecule has 0 spiro atoms. The van der Waals surface area contributed by atoms with E-state index in [1.807, 2.05) is 13.8 Å². The quantitative estimate of drug-likeness (QED) is 0.562. The van der Waals surface area contributed by atoms with Crippen LogP contribution in [-0.2, 0) is 16.1 Å². The highest BCUT2D eigenvalue weighted by atomic mass is 16.5. The summed E-state index contributed by atoms with van der Waals surface area (Å²) in [7, 11) is 0. The first-order chi connectivity index (χ1) is 7.74. The highest BCUT2D eigenvalue weighted by Gasteiger charge is 2.03. The van der Waals surface area contributed by atoms with Crippen LogP contribution in [0.15, 0.2) is 10.8 Å². The molecule has 0 aliphatic carbocycles. The van der Waals surface area contributed by atoms with Crippen molar-refractivity contribution in [3.05, 3.63) is 17.8 Å². The fraction of sp³-hybridized carbons (Fsp3) is 0.636. The molecule has 0 bridgehead atoms. The van der Waals surface area contributed by atoms with Gasteiger partial charge in [-0.2, -0.15) is 0 Å². The van der Waals surface area contributed by atoms with Crippen LogP contribution in [0.1, 0.15) is 31.2 Å². The summed E-state index contributed by atoms with van der Waals surface area (Å²) in [6, 6.07) is 0. The number of aromatic nitrogens is 1. The van der Waals surface area contributed by atoms with Gasteiger partial charge in [0, 0.05) is 13.0 Å². The van der Waals surface area contributed by atoms with Crippen LogP contribution in [0.2, 0.25) is 0 Å². The van der Waals surface area contributed by atoms with Crippen molar-refractivity contribution in [1.82, 2.24) is 10.3 Å². The number of ether oxygens (including phenoxy) is 1. The standard InChI is InChI=1S/C11H18N2O3/c1-3-15-11(14)5-4-6-12-7-10-9(2)16-8-13-10/h8,12H,3-7H2,1-2H3. The lowest BCUT2D eigenvalue weighted by Gasteiger charge is -2.03. The Labute approximate surface area is 95.2 Å². The summed E-state index contributed by atoms with van der Waals surface area (Å²) in [5, 5.41) is 3.20. The molecule has 5 nitrogen and oxygen atoms in total. The summed E-state index contributed by atoms with van der Waals surface area (Å²) in [6.45, 7) is 5.58. The van der Waals surface area contributed by atoms with Crippen LogP contribution in [0.25, 0.3) is 0 Å². The van der Waals surface area contributed by atoms with Crippen LogP contribution in [0.5, 0.6) is 0 Å². The van der Waals surface area contributed by atoms with Crippen molar-refractivity contribution in [2.75, 3.05) is 13.2 Å². The number of oxazole rings is 1. The molecule has 1 aromatic rings. The topological polar surface area (TPSA) is 64.4 Å². The molecule has 1 aromatic heterocycles. The Morgan fingerprint density at radius 2 is 2.44 bits per heavy atom. The van der Waals surface area contributed by atoms with Gasteiger partial charge in [-0.3, -0.25) is 4.79 Å². The van der Waals surface area contributed by atoms with Gasteiger partial charge in [-0.15, -0.1) is 0 Å². The zero-order valence-corrected chi connectivity index (χ0v) is 9.78. The Hall–Kier alpha value is -1.36. The van der Waals surface area contributed by atoms with Crippen LogP contribution < -0.4 is 5.32 Å². The molecule has 0 amide bonds. The minimum Gasteiger partial charge on any atom is -0.466 e. The lowest BCUT2D eigenvalue weighted by atomic mass is 10.3. The van der Waals surface area contributed by atoms with Crippen LogP contribution in [0, 0.1) is 6.92 Å². The first kappa shape index (κ1) is 12.7. The average molecular weight is 226 g/mol. The zero-order valence-electron chi connectivity index (χ0n) is 9.78. The number of hydrogen-bond acceptors (Lipinski definition) is 5. The highest BCUT2D eigenvalue weighted by Crippen LogP contribution is 2.03. The van der Waals surface area contributed by atoms with Gasteiger partial charge in [0.25, 0.3) is 0 Å². The van der Waals surface area contributed by atoms with E-state index in [2.05, 4.69) is 10.3 Å². The molecule has 1 N–H and O–H groups in total. The van der Waals surface area contributed by atoms with Crippen molar-refractivity contribution in [2.24, 2.45) is 0 Å². The number of nitrogens with zero attached hydrogens (tertiary/aromatic N) is 1. The number of aryl methyl sites for hydroxylation is 1. The molecule has 0 radical (unpaired) electrons. The van der Waals surface area contributed by atoms with E-state index in [0.29, 0.717) is 19.6 Å². The van der Waals surface area contributed by atoms with Gasteiger partial charge in [0.15, 0.2) is 6.39 Å². The molecule has 0 saturated heterocycles. The van der Waals surface area contributed by atoms with Crippen LogP contribution in [-0.4, -0.2) is 24.1 Å². The minimum atomic E-state index is -0.137. The maximum absolute atomic E-state index is 11.0. The molecule has 1 rings (SSSR count). The predicted molar refractivity (Wildman–Crippen MR) is 58.8 cm³/mol. The van der Waals surface area contributed by atoms with Crippen molar-refractivity contribution in [2.45, 2.75) is 33.2 Å². The number of carbonyl (C=O) groups excluding carboxylic acids is 1. The normalized spacial score (nSPS) is 10.4. The summed E-state index contributed by atoms with van der Waals surface area (Å²) >= 11 is 0. The van der Waals surface area contributed by atoms with E-state index in [9.17, 15) is 4.79 Å². The van der Waals surface area contributed by atoms with E-state index >= 15 is 0 Å². The molecule has 0 aromatic carbocycles. The lowest BCUT2D eigenvalue weighted by Crippen LogP contribution is -2.17. The molecular weight excluding hydrogens is 208 g/mol. The number of hydrogen-bond donors (Lipinski definition) is 1. The fourth-order valence-corrected chi connectivity index (χ4v) is 1.30. The van der Waals surface area contributed by atoms with Gasteiger partial charge in [-0.1, -0.05) is 0 Å². The van der Waals surface area contributed by atoms with Gasteiger partial charge in [0.2, 0.25) is 0 Å². The van der Waals surface area contributed by atoms with Crippen molar-refractivity contribution < 1.29 is 13.9 Å². The van der Waals surface area contributed by atoms with Gasteiger partial charge in [-0.05, 0) is 26.8 Å². The molecule has 0 atom stereocenters. The molecule has 0 saturated carbocycles. The van der Waals surface area contributed by atoms with Gasteiger partial charge >= 0.3 is 5.97 Å². The second-order valence-corrected chi connectivity index (χ2v) is 3.44. The third-order valence-corrected chi connectivity index (χ3v) is 2.18. The summed E-state index contributed by atoms with van der Waals surface area (Å²) in [5.74, 6) is 0.694. The lowest BCUT2D eigenvalue weighted by molar-refractivity contribution is -0.143. The molecule has 16 heavy (non-hydrogen) atoms. The first-order valence-electron chi connectivity index (χ1n) is 5.49. The van der Waals surface area contributed by atoms with Gasteiger partial charge in [0.1, 0.15) is 5.76 Å². The van der Waals surface area contributed by atoms with Gasteiger partial charge < -0.3 is 14.5 Å². The Morgan fingerprint density at radius 1 is 1.62 bits per heavy atom. The average Bonchev–Trinajstić information content (AvgIpc) is 2.64. The Bertz CT molecular complexity index is 323. The van der Waals surface area contributed by atoms with Crippen LogP contribution in [0.3, 0.4) is 0 Å². The van der Waals surface area contributed by atoms with E-state index in [1.54, 1.807) is 0 Å². The Balaban J connectivity index is 2.04. The third kappa shape index (κ3) is 4.44. The van der Waals surface area contributed by atoms with E-state index in [-0.39, 0.29) is 5.97 Å². The van der Waals surface area contributed by atoms with Crippen molar-refractivity contribution >= 4 is 5.97 Å². The monoisotopic (exact) mass is 226 g/mol. The van der Waals surface area contributed by atoms with Gasteiger partial charge in [-0.25, -0.2) is 4.98 Å². The largest absolute Gasteiger partial charge is 0.466 e. The SMILES string of the molecule is CCOC(=O)CCCNCc1ncoc1C. The number of carbonyl (C=O) groups is 1. The zero-order chi connectivity index (χ0) is 11.8. The fourth-order valence-electron chi connectivity index (χ4n) is 1.30. The number of esters is 1. The number of nitrogens with one attached hydrogen (secondary N) is 1. The maximum Gasteiger partial charge on any atom is 0.305 e. The maximum atomic E-state index is 11.0. The van der Waals surface area contributed by atoms with E-state index in [1.165, 1.54) is 6.39 Å². The van der Waals surface area contributed by atoms with Crippen molar-refractivity contribution in [3.8, 4) is 0 Å². The molecule has 0 aliphatic heterocycles. The van der Waals surface area contributed by atoms with Crippen molar-refractivity contribution in [3.63, 3.8) is 0 Å². The molecule has 0 fully saturated rings. The van der Waals surface area contributed by atoms with Crippen molar-refractivity contribution in [1.29, 1.82) is 0 Å². The predicted octanol–water partition coefficient (Wildman–Crippen LogP) is 1.42. The molecule has 90 valence electrons. The van der Waals surface area contributed by atoms with Gasteiger partial charge in [0.05, 0.1) is 12.3 Å². The smallest absolute Gasteiger partial charge is 0.305 e. The second-order valence-electron chi connectivity index (χ2n) is 3.44. The molecule has 0 aliphatic rings. The molecular formula is C11H18N2O3. The highest BCUT2D eigenvalue weighted by molar-refractivity contribution is 5.69. The van der Waals surface area contributed by atoms with Crippen LogP contribution >= 0.6 is 0 Å². The summed E-state index contributed by atoms with van der Waals surface area (Å²) in [4.78, 5) is 15.1. The second kappa shape index (κ2) is 7.00. The molecule has 5 heteroatoms. The Morgan fingerprint density at radius 3 is 3.06 bits per heavy atom. The Kier molecular flexibility index (Phi) is 5.56. The molecule has 1 heterocycles. The molecule has 0 unspecified atom stereocenters. The van der Waals surface area contributed by atoms with Crippen LogP contribution in [0.4, 0.5) is 0 Å². The summed E-state index contributed by atoms with van der Waals surface area (Å²) in [6.07, 6.45) is 2.67. The third-order valence-electron chi connectivity index (χ3n) is 2.18. The van der Waals surface area contributed by atoms with E-state index in [4.69, 9.17) is 9.15 Å². The minimum absolute atomic E-state index is 0.137. The summed E-state index contributed by atoms with van der Waals surface area (Å²) < 4.78 is 9.89. The van der Waals surface area contributed by atoms with E-state index < -0.39 is 0 Å². The van der Waals surface area contributed by atoms with E-state index in [0.717, 1.165) is 24.4 Å². The number of rotatable bonds is 7.